The maximum Gasteiger partial charge on any atom is 0.165 e. The first-order valence-corrected chi connectivity index (χ1v) is 19.5. The summed E-state index contributed by atoms with van der Waals surface area (Å²) in [7, 11) is 0. The molecule has 262 valence electrons. The number of aromatic nitrogens is 3. The predicted octanol–water partition coefficient (Wildman–Crippen LogP) is 14.1. The lowest BCUT2D eigenvalue weighted by Gasteiger charge is -2.11. The van der Waals surface area contributed by atoms with Crippen molar-refractivity contribution in [1.82, 2.24) is 15.0 Å². The second kappa shape index (κ2) is 13.3. The van der Waals surface area contributed by atoms with Gasteiger partial charge in [0.15, 0.2) is 17.5 Å². The van der Waals surface area contributed by atoms with Crippen LogP contribution in [0.5, 0.6) is 0 Å². The van der Waals surface area contributed by atoms with Crippen LogP contribution in [-0.2, 0) is 0 Å². The van der Waals surface area contributed by atoms with Gasteiger partial charge in [-0.1, -0.05) is 152 Å². The van der Waals surface area contributed by atoms with Gasteiger partial charge in [0.05, 0.1) is 0 Å². The van der Waals surface area contributed by atoms with Gasteiger partial charge in [0.2, 0.25) is 0 Å². The van der Waals surface area contributed by atoms with Gasteiger partial charge in [0.1, 0.15) is 11.2 Å². The van der Waals surface area contributed by atoms with Crippen molar-refractivity contribution in [1.29, 1.82) is 0 Å². The van der Waals surface area contributed by atoms with Crippen molar-refractivity contribution in [3.05, 3.63) is 188 Å². The van der Waals surface area contributed by atoms with Gasteiger partial charge in [-0.15, -0.1) is 11.3 Å². The van der Waals surface area contributed by atoms with Gasteiger partial charge < -0.3 is 4.42 Å². The standard InChI is InChI=1S/C51H31N3OS/c1-4-15-32(16-5-1)35-21-12-22-36(29-35)50-52-49(34-19-8-3-9-20-34)53-51(54-50)41-26-13-25-40-47-38(24-14-28-45(47)56-48(40)41)37-30-42(33-17-6-2-7-18-33)46-39-23-10-11-27-43(39)55-44(46)31-37/h1-31H. The van der Waals surface area contributed by atoms with Crippen molar-refractivity contribution in [2.45, 2.75) is 0 Å². The molecule has 0 aliphatic rings. The summed E-state index contributed by atoms with van der Waals surface area (Å²) in [5.74, 6) is 1.92. The molecule has 0 saturated carbocycles. The summed E-state index contributed by atoms with van der Waals surface area (Å²) < 4.78 is 8.88. The third kappa shape index (κ3) is 5.48. The lowest BCUT2D eigenvalue weighted by molar-refractivity contribution is 0.669. The van der Waals surface area contributed by atoms with Crippen LogP contribution >= 0.6 is 11.3 Å². The molecule has 11 rings (SSSR count). The highest BCUT2D eigenvalue weighted by Crippen LogP contribution is 2.46. The van der Waals surface area contributed by atoms with E-state index >= 15 is 0 Å². The molecule has 0 bridgehead atoms. The van der Waals surface area contributed by atoms with E-state index in [1.807, 2.05) is 36.4 Å². The van der Waals surface area contributed by atoms with E-state index in [4.69, 9.17) is 19.4 Å². The third-order valence-corrected chi connectivity index (χ3v) is 11.7. The molecule has 56 heavy (non-hydrogen) atoms. The lowest BCUT2D eigenvalue weighted by atomic mass is 9.92. The molecule has 0 fully saturated rings. The summed E-state index contributed by atoms with van der Waals surface area (Å²) in [5, 5.41) is 4.62. The Hall–Kier alpha value is -7.21. The average molecular weight is 734 g/mol. The Morgan fingerprint density at radius 3 is 1.73 bits per heavy atom. The van der Waals surface area contributed by atoms with Crippen LogP contribution < -0.4 is 0 Å². The van der Waals surface area contributed by atoms with E-state index < -0.39 is 0 Å². The first-order valence-electron chi connectivity index (χ1n) is 18.7. The predicted molar refractivity (Wildman–Crippen MR) is 233 cm³/mol. The van der Waals surface area contributed by atoms with Crippen molar-refractivity contribution in [3.8, 4) is 67.5 Å². The molecule has 0 unspecified atom stereocenters. The summed E-state index contributed by atoms with van der Waals surface area (Å²) in [6.45, 7) is 0. The fourth-order valence-electron chi connectivity index (χ4n) is 7.93. The molecule has 0 aliphatic carbocycles. The topological polar surface area (TPSA) is 51.8 Å². The average Bonchev–Trinajstić information content (AvgIpc) is 3.86. The van der Waals surface area contributed by atoms with Gasteiger partial charge in [-0.05, 0) is 69.8 Å². The van der Waals surface area contributed by atoms with E-state index in [-0.39, 0.29) is 0 Å². The Morgan fingerprint density at radius 1 is 0.339 bits per heavy atom. The van der Waals surface area contributed by atoms with Crippen LogP contribution in [0.3, 0.4) is 0 Å². The van der Waals surface area contributed by atoms with Crippen molar-refractivity contribution in [2.75, 3.05) is 0 Å². The minimum atomic E-state index is 0.637. The number of furan rings is 1. The van der Waals surface area contributed by atoms with Gasteiger partial charge in [-0.25, -0.2) is 15.0 Å². The maximum absolute atomic E-state index is 6.54. The van der Waals surface area contributed by atoms with Crippen LogP contribution in [0.15, 0.2) is 192 Å². The Kier molecular flexibility index (Phi) is 7.64. The zero-order valence-corrected chi connectivity index (χ0v) is 30.9. The fraction of sp³-hybridized carbons (Fsp3) is 0. The molecule has 11 aromatic rings. The van der Waals surface area contributed by atoms with Crippen LogP contribution in [0.4, 0.5) is 0 Å². The SMILES string of the molecule is c1ccc(-c2cccc(-c3nc(-c4ccccc4)nc(-c4cccc5c4sc4cccc(-c6cc(-c7ccccc7)c7c(c6)oc6ccccc67)c45)n3)c2)cc1. The second-order valence-electron chi connectivity index (χ2n) is 13.9. The Bertz CT molecular complexity index is 3240. The van der Waals surface area contributed by atoms with E-state index in [9.17, 15) is 0 Å². The minimum Gasteiger partial charge on any atom is -0.456 e. The molecule has 8 aromatic carbocycles. The van der Waals surface area contributed by atoms with Crippen LogP contribution in [0.25, 0.3) is 110 Å². The van der Waals surface area contributed by atoms with Gasteiger partial charge in [-0.2, -0.15) is 0 Å². The largest absolute Gasteiger partial charge is 0.456 e. The molecule has 3 heterocycles. The van der Waals surface area contributed by atoms with E-state index in [1.54, 1.807) is 11.3 Å². The summed E-state index contributed by atoms with van der Waals surface area (Å²) in [5.41, 5.74) is 11.5. The first kappa shape index (κ1) is 32.2. The van der Waals surface area contributed by atoms with Gasteiger partial charge in [0, 0.05) is 47.6 Å². The number of nitrogens with zero attached hydrogens (tertiary/aromatic N) is 3. The molecular formula is C51H31N3OS. The van der Waals surface area contributed by atoms with Crippen molar-refractivity contribution in [3.63, 3.8) is 0 Å². The quantitative estimate of drug-likeness (QED) is 0.171. The molecule has 0 atom stereocenters. The monoisotopic (exact) mass is 733 g/mol. The molecule has 3 aromatic heterocycles. The minimum absolute atomic E-state index is 0.637. The molecule has 0 N–H and O–H groups in total. The third-order valence-electron chi connectivity index (χ3n) is 10.5. The van der Waals surface area contributed by atoms with Crippen LogP contribution in [0, 0.1) is 0 Å². The van der Waals surface area contributed by atoms with Crippen molar-refractivity contribution >= 4 is 53.4 Å². The number of thiophene rings is 1. The zero-order valence-electron chi connectivity index (χ0n) is 30.1. The highest BCUT2D eigenvalue weighted by molar-refractivity contribution is 7.26. The van der Waals surface area contributed by atoms with E-state index in [2.05, 4.69) is 152 Å². The molecule has 5 heteroatoms. The van der Waals surface area contributed by atoms with Crippen LogP contribution in [0.1, 0.15) is 0 Å². The second-order valence-corrected chi connectivity index (χ2v) is 15.0. The zero-order chi connectivity index (χ0) is 37.0. The molecule has 0 saturated heterocycles. The summed E-state index contributed by atoms with van der Waals surface area (Å²) >= 11 is 1.78. The number of fused-ring (bicyclic) bond motifs is 6. The fourth-order valence-corrected chi connectivity index (χ4v) is 9.17. The highest BCUT2D eigenvalue weighted by Gasteiger charge is 2.20. The maximum atomic E-state index is 6.54. The number of para-hydroxylation sites is 1. The number of rotatable bonds is 6. The normalized spacial score (nSPS) is 11.6. The van der Waals surface area contributed by atoms with Gasteiger partial charge in [0.25, 0.3) is 0 Å². The Balaban J connectivity index is 1.12. The van der Waals surface area contributed by atoms with E-state index in [0.717, 1.165) is 76.7 Å². The molecule has 0 radical (unpaired) electrons. The summed E-state index contributed by atoms with van der Waals surface area (Å²) in [4.78, 5) is 15.4. The van der Waals surface area contributed by atoms with Crippen LogP contribution in [0.2, 0.25) is 0 Å². The molecular weight excluding hydrogens is 703 g/mol. The Labute approximate surface area is 327 Å². The molecule has 0 spiro atoms. The Morgan fingerprint density at radius 2 is 0.929 bits per heavy atom. The molecule has 0 amide bonds. The number of benzene rings is 8. The van der Waals surface area contributed by atoms with Crippen molar-refractivity contribution < 1.29 is 4.42 Å². The van der Waals surface area contributed by atoms with E-state index in [1.165, 1.54) is 15.5 Å². The highest BCUT2D eigenvalue weighted by atomic mass is 32.1. The van der Waals surface area contributed by atoms with E-state index in [0.29, 0.717) is 17.5 Å². The van der Waals surface area contributed by atoms with Gasteiger partial charge >= 0.3 is 0 Å². The molecule has 0 aliphatic heterocycles. The summed E-state index contributed by atoms with van der Waals surface area (Å²) in [6, 6.07) is 65.6. The first-order chi connectivity index (χ1) is 27.7. The summed E-state index contributed by atoms with van der Waals surface area (Å²) in [6.07, 6.45) is 0. The smallest absolute Gasteiger partial charge is 0.165 e. The van der Waals surface area contributed by atoms with Crippen molar-refractivity contribution in [2.24, 2.45) is 0 Å². The molecule has 4 nitrogen and oxygen atoms in total. The number of hydrogen-bond acceptors (Lipinski definition) is 5. The number of hydrogen-bond donors (Lipinski definition) is 0. The van der Waals surface area contributed by atoms with Crippen LogP contribution in [-0.4, -0.2) is 15.0 Å². The van der Waals surface area contributed by atoms with Gasteiger partial charge in [-0.3, -0.25) is 0 Å². The lowest BCUT2D eigenvalue weighted by Crippen LogP contribution is -2.00.